The van der Waals surface area contributed by atoms with Crippen LogP contribution in [0.25, 0.3) is 0 Å². The smallest absolute Gasteiger partial charge is 0.241 e. The third-order valence-electron chi connectivity index (χ3n) is 2.34. The summed E-state index contributed by atoms with van der Waals surface area (Å²) in [5.74, 6) is -0.240. The predicted molar refractivity (Wildman–Crippen MR) is 58.7 cm³/mol. The van der Waals surface area contributed by atoms with E-state index in [1.807, 2.05) is 0 Å². The molecule has 1 atom stereocenters. The summed E-state index contributed by atoms with van der Waals surface area (Å²) in [5.41, 5.74) is 0. The van der Waals surface area contributed by atoms with Crippen molar-refractivity contribution in [1.82, 2.24) is 15.5 Å². The Morgan fingerprint density at radius 1 is 1.69 bits per heavy atom. The highest BCUT2D eigenvalue weighted by Gasteiger charge is 2.26. The molecule has 6 nitrogen and oxygen atoms in total. The summed E-state index contributed by atoms with van der Waals surface area (Å²) in [7, 11) is 0. The minimum Gasteiger partial charge on any atom is -0.395 e. The molecule has 1 rings (SSSR count). The predicted octanol–water partition coefficient (Wildman–Crippen LogP) is -1.92. The number of carbonyl (C=O) groups is 2. The van der Waals surface area contributed by atoms with E-state index in [4.69, 9.17) is 5.11 Å². The van der Waals surface area contributed by atoms with Gasteiger partial charge in [0.15, 0.2) is 0 Å². The van der Waals surface area contributed by atoms with Gasteiger partial charge in [-0.1, -0.05) is 6.08 Å². The second-order valence-corrected chi connectivity index (χ2v) is 3.53. The van der Waals surface area contributed by atoms with Gasteiger partial charge in [0.05, 0.1) is 13.2 Å². The zero-order valence-corrected chi connectivity index (χ0v) is 9.11. The van der Waals surface area contributed by atoms with E-state index in [9.17, 15) is 9.59 Å². The van der Waals surface area contributed by atoms with E-state index < -0.39 is 6.04 Å². The highest BCUT2D eigenvalue weighted by atomic mass is 16.3. The summed E-state index contributed by atoms with van der Waals surface area (Å²) >= 11 is 0. The highest BCUT2D eigenvalue weighted by molar-refractivity contribution is 5.86. The Bertz CT molecular complexity index is 270. The number of carbonyl (C=O) groups excluding carboxylic acids is 2. The molecule has 3 N–H and O–H groups in total. The molecular formula is C10H17N3O3. The number of hydrogen-bond acceptors (Lipinski definition) is 4. The zero-order chi connectivity index (χ0) is 12.0. The first-order valence-corrected chi connectivity index (χ1v) is 5.19. The molecule has 0 aromatic carbocycles. The fraction of sp³-hybridized carbons (Fsp3) is 0.600. The van der Waals surface area contributed by atoms with Crippen molar-refractivity contribution in [3.8, 4) is 0 Å². The van der Waals surface area contributed by atoms with Crippen LogP contribution in [-0.4, -0.2) is 60.6 Å². The van der Waals surface area contributed by atoms with Gasteiger partial charge in [0.1, 0.15) is 6.04 Å². The molecule has 0 radical (unpaired) electrons. The molecule has 6 heteroatoms. The van der Waals surface area contributed by atoms with Crippen LogP contribution in [0, 0.1) is 0 Å². The lowest BCUT2D eigenvalue weighted by Crippen LogP contribution is -2.59. The maximum atomic E-state index is 11.9. The molecule has 1 aliphatic rings. The Balaban J connectivity index is 2.52. The summed E-state index contributed by atoms with van der Waals surface area (Å²) < 4.78 is 0. The first kappa shape index (κ1) is 12.7. The standard InChI is InChI=1S/C10H17N3O3/c1-2-3-13(4-5-14)10(16)8-6-12-9(15)7-11-8/h2,8,11,14H,1,3-7H2,(H,12,15). The number of piperazine rings is 1. The first-order chi connectivity index (χ1) is 7.69. The topological polar surface area (TPSA) is 81.7 Å². The summed E-state index contributed by atoms with van der Waals surface area (Å²) in [4.78, 5) is 24.3. The molecule has 0 aliphatic carbocycles. The largest absolute Gasteiger partial charge is 0.395 e. The van der Waals surface area contributed by atoms with Gasteiger partial charge in [-0.2, -0.15) is 0 Å². The average molecular weight is 227 g/mol. The Morgan fingerprint density at radius 2 is 2.44 bits per heavy atom. The lowest BCUT2D eigenvalue weighted by atomic mass is 10.2. The van der Waals surface area contributed by atoms with Crippen LogP contribution in [0.5, 0.6) is 0 Å². The number of nitrogens with one attached hydrogen (secondary N) is 2. The number of nitrogens with zero attached hydrogens (tertiary/aromatic N) is 1. The number of aliphatic hydroxyl groups is 1. The molecule has 0 aromatic rings. The van der Waals surface area contributed by atoms with Gasteiger partial charge in [-0.05, 0) is 0 Å². The van der Waals surface area contributed by atoms with E-state index >= 15 is 0 Å². The van der Waals surface area contributed by atoms with Crippen LogP contribution in [0.4, 0.5) is 0 Å². The quantitative estimate of drug-likeness (QED) is 0.478. The average Bonchev–Trinajstić information content (AvgIpc) is 2.29. The zero-order valence-electron chi connectivity index (χ0n) is 9.11. The molecule has 1 fully saturated rings. The third-order valence-corrected chi connectivity index (χ3v) is 2.34. The van der Waals surface area contributed by atoms with E-state index in [0.717, 1.165) is 0 Å². The highest BCUT2D eigenvalue weighted by Crippen LogP contribution is 1.98. The first-order valence-electron chi connectivity index (χ1n) is 5.19. The van der Waals surface area contributed by atoms with E-state index in [2.05, 4.69) is 17.2 Å². The molecule has 1 saturated heterocycles. The Labute approximate surface area is 94.3 Å². The molecule has 1 unspecified atom stereocenters. The number of rotatable bonds is 5. The second kappa shape index (κ2) is 6.24. The number of amides is 2. The maximum absolute atomic E-state index is 11.9. The lowest BCUT2D eigenvalue weighted by Gasteiger charge is -2.29. The van der Waals surface area contributed by atoms with Crippen molar-refractivity contribution >= 4 is 11.8 Å². The van der Waals surface area contributed by atoms with Crippen molar-refractivity contribution in [1.29, 1.82) is 0 Å². The van der Waals surface area contributed by atoms with E-state index in [1.54, 1.807) is 6.08 Å². The lowest BCUT2D eigenvalue weighted by molar-refractivity contribution is -0.134. The fourth-order valence-electron chi connectivity index (χ4n) is 1.53. The number of aliphatic hydroxyl groups excluding tert-OH is 1. The second-order valence-electron chi connectivity index (χ2n) is 3.53. The minimum absolute atomic E-state index is 0.0847. The van der Waals surface area contributed by atoms with Crippen molar-refractivity contribution in [2.24, 2.45) is 0 Å². The van der Waals surface area contributed by atoms with Crippen molar-refractivity contribution in [3.05, 3.63) is 12.7 Å². The van der Waals surface area contributed by atoms with Crippen LogP contribution in [-0.2, 0) is 9.59 Å². The fourth-order valence-corrected chi connectivity index (χ4v) is 1.53. The molecule has 1 heterocycles. The molecule has 0 spiro atoms. The molecule has 0 aromatic heterocycles. The van der Waals surface area contributed by atoms with E-state index in [1.165, 1.54) is 4.90 Å². The van der Waals surface area contributed by atoms with Crippen molar-refractivity contribution < 1.29 is 14.7 Å². The van der Waals surface area contributed by atoms with Gasteiger partial charge in [-0.15, -0.1) is 6.58 Å². The van der Waals surface area contributed by atoms with Gasteiger partial charge in [0.2, 0.25) is 11.8 Å². The van der Waals surface area contributed by atoms with Gasteiger partial charge in [0.25, 0.3) is 0 Å². The van der Waals surface area contributed by atoms with Crippen molar-refractivity contribution in [3.63, 3.8) is 0 Å². The van der Waals surface area contributed by atoms with Gasteiger partial charge < -0.3 is 15.3 Å². The summed E-state index contributed by atoms with van der Waals surface area (Å²) in [6, 6.07) is -0.413. The van der Waals surface area contributed by atoms with Crippen molar-refractivity contribution in [2.75, 3.05) is 32.8 Å². The van der Waals surface area contributed by atoms with Crippen LogP contribution in [0.15, 0.2) is 12.7 Å². The van der Waals surface area contributed by atoms with Crippen LogP contribution >= 0.6 is 0 Å². The van der Waals surface area contributed by atoms with Gasteiger partial charge >= 0.3 is 0 Å². The Hall–Kier alpha value is -1.40. The third kappa shape index (κ3) is 3.32. The molecular weight excluding hydrogens is 210 g/mol. The molecule has 1 aliphatic heterocycles. The normalized spacial score (nSPS) is 20.1. The van der Waals surface area contributed by atoms with Crippen LogP contribution < -0.4 is 10.6 Å². The van der Waals surface area contributed by atoms with Gasteiger partial charge in [0, 0.05) is 19.6 Å². The monoisotopic (exact) mass is 227 g/mol. The molecule has 0 saturated carbocycles. The Kier molecular flexibility index (Phi) is 4.94. The van der Waals surface area contributed by atoms with Crippen LogP contribution in [0.1, 0.15) is 0 Å². The number of hydrogen-bond donors (Lipinski definition) is 3. The molecule has 90 valence electrons. The minimum atomic E-state index is -0.413. The van der Waals surface area contributed by atoms with E-state index in [0.29, 0.717) is 6.54 Å². The molecule has 16 heavy (non-hydrogen) atoms. The van der Waals surface area contributed by atoms with E-state index in [-0.39, 0.29) is 38.1 Å². The summed E-state index contributed by atoms with van der Waals surface area (Å²) in [5, 5.41) is 14.3. The SMILES string of the molecule is C=CCN(CCO)C(=O)C1CNC(=O)CN1. The molecule has 0 bridgehead atoms. The summed E-state index contributed by atoms with van der Waals surface area (Å²) in [6.07, 6.45) is 1.61. The van der Waals surface area contributed by atoms with Crippen LogP contribution in [0.3, 0.4) is 0 Å². The molecule has 2 amide bonds. The van der Waals surface area contributed by atoms with Crippen LogP contribution in [0.2, 0.25) is 0 Å². The van der Waals surface area contributed by atoms with Gasteiger partial charge in [-0.3, -0.25) is 14.9 Å². The Morgan fingerprint density at radius 3 is 2.94 bits per heavy atom. The van der Waals surface area contributed by atoms with Gasteiger partial charge in [-0.25, -0.2) is 0 Å². The maximum Gasteiger partial charge on any atom is 0.241 e. The summed E-state index contributed by atoms with van der Waals surface area (Å²) in [6.45, 7) is 4.58. The van der Waals surface area contributed by atoms with Crippen molar-refractivity contribution in [2.45, 2.75) is 6.04 Å².